The molecule has 0 aromatic carbocycles. The fourth-order valence-electron chi connectivity index (χ4n) is 1.02. The molecule has 0 atom stereocenters. The molecule has 0 aliphatic heterocycles. The van der Waals surface area contributed by atoms with Gasteiger partial charge in [0.1, 0.15) is 6.54 Å². The van der Waals surface area contributed by atoms with Gasteiger partial charge in [-0.1, -0.05) is 0 Å². The fraction of sp³-hybridized carbons (Fsp3) is 1.00. The first-order valence-corrected chi connectivity index (χ1v) is 6.81. The maximum absolute atomic E-state index is 12.3. The minimum absolute atomic E-state index is 0.193. The summed E-state index contributed by atoms with van der Waals surface area (Å²) in [5, 5.41) is 0. The van der Waals surface area contributed by atoms with Crippen LogP contribution in [0.25, 0.3) is 0 Å². The number of rotatable bonds is 6. The first kappa shape index (κ1) is 16.9. The van der Waals surface area contributed by atoms with Crippen LogP contribution in [0.2, 0.25) is 0 Å². The Bertz CT molecular complexity index is 332. The molecule has 0 rings (SSSR count). The van der Waals surface area contributed by atoms with Gasteiger partial charge < -0.3 is 0 Å². The standard InChI is InChI=1S/C8H16ClF3N2O2S/c1-7(2)13(3)17(15,16)14(5-4-9)6-8(10,11)12/h7H,4-6H2,1-3H3. The van der Waals surface area contributed by atoms with Gasteiger partial charge in [0.05, 0.1) is 0 Å². The zero-order chi connectivity index (χ0) is 13.9. The predicted molar refractivity (Wildman–Crippen MR) is 60.2 cm³/mol. The zero-order valence-corrected chi connectivity index (χ0v) is 11.4. The lowest BCUT2D eigenvalue weighted by molar-refractivity contribution is -0.136. The highest BCUT2D eigenvalue weighted by molar-refractivity contribution is 7.86. The van der Waals surface area contributed by atoms with Crippen LogP contribution in [0.1, 0.15) is 13.8 Å². The molecule has 0 heterocycles. The Balaban J connectivity index is 5.05. The van der Waals surface area contributed by atoms with Crippen molar-refractivity contribution < 1.29 is 21.6 Å². The fourth-order valence-corrected chi connectivity index (χ4v) is 2.85. The second-order valence-corrected chi connectivity index (χ2v) is 6.12. The smallest absolute Gasteiger partial charge is 0.195 e. The van der Waals surface area contributed by atoms with Crippen molar-refractivity contribution in [2.45, 2.75) is 26.1 Å². The first-order chi connectivity index (χ1) is 7.52. The summed E-state index contributed by atoms with van der Waals surface area (Å²) in [6.45, 7) is 1.24. The summed E-state index contributed by atoms with van der Waals surface area (Å²) in [7, 11) is -2.90. The molecule has 0 saturated carbocycles. The van der Waals surface area contributed by atoms with E-state index in [1.165, 1.54) is 7.05 Å². The molecule has 0 aliphatic rings. The number of hydrogen-bond donors (Lipinski definition) is 0. The van der Waals surface area contributed by atoms with Gasteiger partial charge in [-0.3, -0.25) is 0 Å². The SMILES string of the molecule is CC(C)N(C)S(=O)(=O)N(CCCl)CC(F)(F)F. The van der Waals surface area contributed by atoms with Crippen LogP contribution in [-0.2, 0) is 10.2 Å². The van der Waals surface area contributed by atoms with Crippen LogP contribution in [0.5, 0.6) is 0 Å². The summed E-state index contributed by atoms with van der Waals surface area (Å²) in [6, 6.07) is -0.425. The molecule has 0 amide bonds. The number of hydrogen-bond acceptors (Lipinski definition) is 2. The largest absolute Gasteiger partial charge is 0.402 e. The third-order valence-electron chi connectivity index (χ3n) is 2.11. The van der Waals surface area contributed by atoms with E-state index in [0.717, 1.165) is 4.31 Å². The van der Waals surface area contributed by atoms with Gasteiger partial charge in [0, 0.05) is 25.5 Å². The summed E-state index contributed by atoms with van der Waals surface area (Å²) in [4.78, 5) is 0. The molecule has 104 valence electrons. The summed E-state index contributed by atoms with van der Waals surface area (Å²) in [6.07, 6.45) is -4.59. The van der Waals surface area contributed by atoms with Gasteiger partial charge in [0.15, 0.2) is 0 Å². The Labute approximate surface area is 105 Å². The minimum Gasteiger partial charge on any atom is -0.195 e. The van der Waals surface area contributed by atoms with E-state index in [1.807, 2.05) is 0 Å². The molecule has 0 bridgehead atoms. The van der Waals surface area contributed by atoms with Crippen molar-refractivity contribution in [2.24, 2.45) is 0 Å². The van der Waals surface area contributed by atoms with Gasteiger partial charge in [-0.05, 0) is 13.8 Å². The quantitative estimate of drug-likeness (QED) is 0.700. The first-order valence-electron chi connectivity index (χ1n) is 4.88. The summed E-state index contributed by atoms with van der Waals surface area (Å²) >= 11 is 5.32. The van der Waals surface area contributed by atoms with E-state index in [0.29, 0.717) is 4.31 Å². The molecule has 9 heteroatoms. The Hall–Kier alpha value is -0.0500. The lowest BCUT2D eigenvalue weighted by Gasteiger charge is -2.29. The lowest BCUT2D eigenvalue weighted by Crippen LogP contribution is -2.48. The number of nitrogens with zero attached hydrogens (tertiary/aromatic N) is 2. The molecule has 0 radical (unpaired) electrons. The van der Waals surface area contributed by atoms with Crippen molar-refractivity contribution in [1.29, 1.82) is 0 Å². The molecule has 0 aromatic rings. The van der Waals surface area contributed by atoms with E-state index in [-0.39, 0.29) is 12.4 Å². The molecule has 0 spiro atoms. The van der Waals surface area contributed by atoms with E-state index in [4.69, 9.17) is 11.6 Å². The Morgan fingerprint density at radius 3 is 2.06 bits per heavy atom. The highest BCUT2D eigenvalue weighted by atomic mass is 35.5. The van der Waals surface area contributed by atoms with Crippen LogP contribution in [0.15, 0.2) is 0 Å². The summed E-state index contributed by atoms with van der Waals surface area (Å²) in [5.41, 5.74) is 0. The van der Waals surface area contributed by atoms with Crippen LogP contribution in [0.4, 0.5) is 13.2 Å². The predicted octanol–water partition coefficient (Wildman–Crippen LogP) is 1.67. The van der Waals surface area contributed by atoms with Crippen LogP contribution in [0.3, 0.4) is 0 Å². The van der Waals surface area contributed by atoms with Crippen molar-refractivity contribution in [2.75, 3.05) is 26.0 Å². The van der Waals surface area contributed by atoms with Crippen molar-refractivity contribution >= 4 is 21.8 Å². The molecular weight excluding hydrogens is 281 g/mol. The van der Waals surface area contributed by atoms with Crippen LogP contribution in [0, 0.1) is 0 Å². The topological polar surface area (TPSA) is 40.6 Å². The van der Waals surface area contributed by atoms with Gasteiger partial charge in [-0.15, -0.1) is 11.6 Å². The summed E-state index contributed by atoms with van der Waals surface area (Å²) < 4.78 is 61.6. The number of halogens is 4. The van der Waals surface area contributed by atoms with E-state index >= 15 is 0 Å². The van der Waals surface area contributed by atoms with Gasteiger partial charge in [0.25, 0.3) is 10.2 Å². The molecule has 0 aliphatic carbocycles. The average molecular weight is 297 g/mol. The molecule has 0 fully saturated rings. The molecule has 0 saturated heterocycles. The van der Waals surface area contributed by atoms with Crippen molar-refractivity contribution in [3.63, 3.8) is 0 Å². The monoisotopic (exact) mass is 296 g/mol. The zero-order valence-electron chi connectivity index (χ0n) is 9.83. The van der Waals surface area contributed by atoms with E-state index in [9.17, 15) is 21.6 Å². The Kier molecular flexibility index (Phi) is 6.20. The van der Waals surface area contributed by atoms with Gasteiger partial charge in [-0.2, -0.15) is 30.2 Å². The van der Waals surface area contributed by atoms with Crippen LogP contribution in [-0.4, -0.2) is 55.3 Å². The molecule has 0 aromatic heterocycles. The maximum Gasteiger partial charge on any atom is 0.402 e. The third kappa shape index (κ3) is 5.41. The maximum atomic E-state index is 12.3. The van der Waals surface area contributed by atoms with Crippen LogP contribution < -0.4 is 0 Å². The molecule has 0 unspecified atom stereocenters. The van der Waals surface area contributed by atoms with Crippen LogP contribution >= 0.6 is 11.6 Å². The van der Waals surface area contributed by atoms with Crippen molar-refractivity contribution in [3.05, 3.63) is 0 Å². The molecule has 17 heavy (non-hydrogen) atoms. The number of alkyl halides is 4. The average Bonchev–Trinajstić information content (AvgIpc) is 2.13. The van der Waals surface area contributed by atoms with E-state index in [2.05, 4.69) is 0 Å². The molecule has 4 nitrogen and oxygen atoms in total. The van der Waals surface area contributed by atoms with E-state index < -0.39 is 29.0 Å². The normalized spacial score (nSPS) is 14.0. The third-order valence-corrected chi connectivity index (χ3v) is 4.39. The Morgan fingerprint density at radius 1 is 1.29 bits per heavy atom. The highest BCUT2D eigenvalue weighted by Crippen LogP contribution is 2.20. The van der Waals surface area contributed by atoms with Crippen molar-refractivity contribution in [1.82, 2.24) is 8.61 Å². The van der Waals surface area contributed by atoms with E-state index in [1.54, 1.807) is 13.8 Å². The Morgan fingerprint density at radius 2 is 1.76 bits per heavy atom. The molecular formula is C8H16ClF3N2O2S. The van der Waals surface area contributed by atoms with Crippen molar-refractivity contribution in [3.8, 4) is 0 Å². The van der Waals surface area contributed by atoms with Gasteiger partial charge >= 0.3 is 6.18 Å². The second kappa shape index (κ2) is 6.21. The summed E-state index contributed by atoms with van der Waals surface area (Å²) in [5.74, 6) is -0.193. The lowest BCUT2D eigenvalue weighted by atomic mass is 10.4. The second-order valence-electron chi connectivity index (χ2n) is 3.76. The minimum atomic E-state index is -4.59. The van der Waals surface area contributed by atoms with Gasteiger partial charge in [-0.25, -0.2) is 0 Å². The highest BCUT2D eigenvalue weighted by Gasteiger charge is 2.38. The molecule has 0 N–H and O–H groups in total. The van der Waals surface area contributed by atoms with Gasteiger partial charge in [0.2, 0.25) is 0 Å².